The average molecular weight is 452 g/mol. The van der Waals surface area contributed by atoms with Crippen molar-refractivity contribution < 1.29 is 22.7 Å². The maximum absolute atomic E-state index is 13.4. The van der Waals surface area contributed by atoms with Crippen LogP contribution in [0, 0.1) is 0 Å². The molecule has 0 bridgehead atoms. The van der Waals surface area contributed by atoms with Gasteiger partial charge in [0.2, 0.25) is 0 Å². The predicted octanol–water partition coefficient (Wildman–Crippen LogP) is 6.39. The molecule has 4 rings (SSSR count). The SMILES string of the molecule is COc1cccc([C@H]2CC(=N[C@H](C)c3ccccc3)C(=O)N2c2ccc(C(F)(F)F)cc2)c1. The van der Waals surface area contributed by atoms with Gasteiger partial charge in [0.05, 0.1) is 24.8 Å². The van der Waals surface area contributed by atoms with Crippen LogP contribution in [-0.4, -0.2) is 18.7 Å². The lowest BCUT2D eigenvalue weighted by Gasteiger charge is -2.25. The fourth-order valence-electron chi connectivity index (χ4n) is 4.01. The molecule has 1 fully saturated rings. The molecule has 7 heteroatoms. The topological polar surface area (TPSA) is 41.9 Å². The van der Waals surface area contributed by atoms with Crippen molar-refractivity contribution in [3.05, 3.63) is 95.6 Å². The van der Waals surface area contributed by atoms with Crippen LogP contribution in [0.3, 0.4) is 0 Å². The van der Waals surface area contributed by atoms with Crippen molar-refractivity contribution in [3.63, 3.8) is 0 Å². The molecular formula is C26H23F3N2O2. The second-order valence-electron chi connectivity index (χ2n) is 7.88. The number of benzene rings is 3. The molecule has 4 nitrogen and oxygen atoms in total. The lowest BCUT2D eigenvalue weighted by Crippen LogP contribution is -2.29. The average Bonchev–Trinajstić information content (AvgIpc) is 3.15. The number of anilines is 1. The number of hydrogen-bond acceptors (Lipinski definition) is 3. The zero-order valence-electron chi connectivity index (χ0n) is 18.2. The second-order valence-corrected chi connectivity index (χ2v) is 7.88. The molecule has 0 unspecified atom stereocenters. The third kappa shape index (κ3) is 4.77. The van der Waals surface area contributed by atoms with Gasteiger partial charge in [0.1, 0.15) is 11.5 Å². The monoisotopic (exact) mass is 452 g/mol. The van der Waals surface area contributed by atoms with Gasteiger partial charge in [-0.25, -0.2) is 0 Å². The van der Waals surface area contributed by atoms with Crippen molar-refractivity contribution in [1.29, 1.82) is 0 Å². The number of carbonyl (C=O) groups excluding carboxylic acids is 1. The standard InChI is InChI=1S/C26H23F3N2O2/c1-17(18-7-4-3-5-8-18)30-23-16-24(19-9-6-10-22(15-19)33-2)31(25(23)32)21-13-11-20(12-14-21)26(27,28)29/h3-15,17,24H,16H2,1-2H3/t17-,24-/m1/s1. The van der Waals surface area contributed by atoms with Gasteiger partial charge in [0, 0.05) is 12.1 Å². The fourth-order valence-corrected chi connectivity index (χ4v) is 4.01. The number of aliphatic imine (C=N–C) groups is 1. The van der Waals surface area contributed by atoms with E-state index in [-0.39, 0.29) is 11.9 Å². The number of alkyl halides is 3. The van der Waals surface area contributed by atoms with E-state index in [9.17, 15) is 18.0 Å². The van der Waals surface area contributed by atoms with E-state index < -0.39 is 17.8 Å². The molecule has 0 saturated carbocycles. The largest absolute Gasteiger partial charge is 0.497 e. The van der Waals surface area contributed by atoms with Crippen LogP contribution in [0.25, 0.3) is 0 Å². The van der Waals surface area contributed by atoms with Crippen molar-refractivity contribution in [3.8, 4) is 5.75 Å². The Hall–Kier alpha value is -3.61. The summed E-state index contributed by atoms with van der Waals surface area (Å²) in [4.78, 5) is 19.6. The molecule has 2 atom stereocenters. The molecule has 33 heavy (non-hydrogen) atoms. The first-order valence-corrected chi connectivity index (χ1v) is 10.5. The quantitative estimate of drug-likeness (QED) is 0.450. The van der Waals surface area contributed by atoms with Crippen molar-refractivity contribution in [2.75, 3.05) is 12.0 Å². The van der Waals surface area contributed by atoms with Gasteiger partial charge in [-0.2, -0.15) is 13.2 Å². The molecule has 0 radical (unpaired) electrons. The minimum atomic E-state index is -4.45. The molecule has 1 amide bonds. The van der Waals surface area contributed by atoms with Crippen LogP contribution in [0.2, 0.25) is 0 Å². The van der Waals surface area contributed by atoms with E-state index in [0.717, 1.165) is 23.3 Å². The number of amides is 1. The van der Waals surface area contributed by atoms with E-state index in [0.29, 0.717) is 23.6 Å². The first-order chi connectivity index (χ1) is 15.8. The summed E-state index contributed by atoms with van der Waals surface area (Å²) in [5, 5.41) is 0. The summed E-state index contributed by atoms with van der Waals surface area (Å²) in [5.41, 5.74) is 1.81. The van der Waals surface area contributed by atoms with Crippen molar-refractivity contribution in [1.82, 2.24) is 0 Å². The highest BCUT2D eigenvalue weighted by molar-refractivity contribution is 6.46. The van der Waals surface area contributed by atoms with Gasteiger partial charge in [-0.3, -0.25) is 14.7 Å². The Kier molecular flexibility index (Phi) is 6.22. The van der Waals surface area contributed by atoms with Gasteiger partial charge in [0.15, 0.2) is 0 Å². The van der Waals surface area contributed by atoms with Crippen LogP contribution in [-0.2, 0) is 11.0 Å². The van der Waals surface area contributed by atoms with Gasteiger partial charge in [-0.05, 0) is 54.4 Å². The maximum Gasteiger partial charge on any atom is 0.416 e. The minimum Gasteiger partial charge on any atom is -0.497 e. The van der Waals surface area contributed by atoms with E-state index in [1.54, 1.807) is 13.2 Å². The number of methoxy groups -OCH3 is 1. The molecule has 1 aliphatic rings. The number of hydrogen-bond donors (Lipinski definition) is 0. The minimum absolute atomic E-state index is 0.233. The van der Waals surface area contributed by atoms with Crippen molar-refractivity contribution in [2.24, 2.45) is 4.99 Å². The number of ether oxygens (including phenoxy) is 1. The summed E-state index contributed by atoms with van der Waals surface area (Å²) < 4.78 is 44.5. The molecule has 0 aromatic heterocycles. The van der Waals surface area contributed by atoms with Gasteiger partial charge >= 0.3 is 6.18 Å². The van der Waals surface area contributed by atoms with E-state index in [1.807, 2.05) is 55.5 Å². The normalized spacial score (nSPS) is 18.6. The Labute approximate surface area is 190 Å². The van der Waals surface area contributed by atoms with Crippen LogP contribution in [0.1, 0.15) is 42.1 Å². The predicted molar refractivity (Wildman–Crippen MR) is 122 cm³/mol. The molecule has 0 N–H and O–H groups in total. The molecule has 0 spiro atoms. The lowest BCUT2D eigenvalue weighted by molar-refractivity contribution is -0.137. The summed E-state index contributed by atoms with van der Waals surface area (Å²) in [6.07, 6.45) is -4.11. The van der Waals surface area contributed by atoms with Crippen LogP contribution in [0.5, 0.6) is 5.75 Å². The highest BCUT2D eigenvalue weighted by atomic mass is 19.4. The van der Waals surface area contributed by atoms with Gasteiger partial charge in [-0.1, -0.05) is 42.5 Å². The van der Waals surface area contributed by atoms with Crippen molar-refractivity contribution in [2.45, 2.75) is 31.6 Å². The maximum atomic E-state index is 13.4. The highest BCUT2D eigenvalue weighted by Gasteiger charge is 2.39. The zero-order valence-corrected chi connectivity index (χ0v) is 18.2. The molecule has 170 valence electrons. The molecular weight excluding hydrogens is 429 g/mol. The van der Waals surface area contributed by atoms with Gasteiger partial charge in [0.25, 0.3) is 5.91 Å². The Morgan fingerprint density at radius 2 is 1.70 bits per heavy atom. The van der Waals surface area contributed by atoms with Crippen LogP contribution in [0.4, 0.5) is 18.9 Å². The van der Waals surface area contributed by atoms with E-state index in [2.05, 4.69) is 0 Å². The Morgan fingerprint density at radius 3 is 2.33 bits per heavy atom. The molecule has 0 aliphatic carbocycles. The first-order valence-electron chi connectivity index (χ1n) is 10.5. The summed E-state index contributed by atoms with van der Waals surface area (Å²) in [7, 11) is 1.56. The Bertz CT molecular complexity index is 1160. The van der Waals surface area contributed by atoms with E-state index in [1.165, 1.54) is 17.0 Å². The van der Waals surface area contributed by atoms with Crippen LogP contribution < -0.4 is 9.64 Å². The summed E-state index contributed by atoms with van der Waals surface area (Å²) in [5.74, 6) is 0.320. The second kappa shape index (κ2) is 9.10. The summed E-state index contributed by atoms with van der Waals surface area (Å²) >= 11 is 0. The van der Waals surface area contributed by atoms with Crippen molar-refractivity contribution >= 4 is 17.3 Å². The molecule has 1 saturated heterocycles. The van der Waals surface area contributed by atoms with Crippen LogP contribution in [0.15, 0.2) is 83.9 Å². The Balaban J connectivity index is 1.73. The lowest BCUT2D eigenvalue weighted by atomic mass is 10.0. The fraction of sp³-hybridized carbons (Fsp3) is 0.231. The number of nitrogens with zero attached hydrogens (tertiary/aromatic N) is 2. The first kappa shape index (κ1) is 22.6. The van der Waals surface area contributed by atoms with Crippen LogP contribution >= 0.6 is 0 Å². The molecule has 1 aliphatic heterocycles. The number of carbonyl (C=O) groups is 1. The zero-order chi connectivity index (χ0) is 23.6. The number of rotatable bonds is 5. The third-order valence-corrected chi connectivity index (χ3v) is 5.75. The number of halogens is 3. The van der Waals surface area contributed by atoms with Gasteiger partial charge < -0.3 is 4.74 Å². The van der Waals surface area contributed by atoms with E-state index in [4.69, 9.17) is 9.73 Å². The third-order valence-electron chi connectivity index (χ3n) is 5.75. The molecule has 3 aromatic rings. The highest BCUT2D eigenvalue weighted by Crippen LogP contribution is 2.39. The van der Waals surface area contributed by atoms with E-state index >= 15 is 0 Å². The molecule has 1 heterocycles. The summed E-state index contributed by atoms with van der Waals surface area (Å²) in [6, 6.07) is 21.0. The summed E-state index contributed by atoms with van der Waals surface area (Å²) in [6.45, 7) is 1.91. The van der Waals surface area contributed by atoms with Gasteiger partial charge in [-0.15, -0.1) is 0 Å². The Morgan fingerprint density at radius 1 is 1.00 bits per heavy atom. The smallest absolute Gasteiger partial charge is 0.416 e. The molecule has 3 aromatic carbocycles.